The van der Waals surface area contributed by atoms with Crippen molar-refractivity contribution in [2.24, 2.45) is 11.7 Å². The van der Waals surface area contributed by atoms with E-state index < -0.39 is 0 Å². The van der Waals surface area contributed by atoms with Gasteiger partial charge in [-0.3, -0.25) is 9.69 Å². The normalized spacial score (nSPS) is 24.1. The summed E-state index contributed by atoms with van der Waals surface area (Å²) >= 11 is 0. The summed E-state index contributed by atoms with van der Waals surface area (Å²) in [7, 11) is 0. The molecule has 2 atom stereocenters. The van der Waals surface area contributed by atoms with Crippen molar-refractivity contribution in [1.82, 2.24) is 4.90 Å². The van der Waals surface area contributed by atoms with Crippen LogP contribution in [0.3, 0.4) is 0 Å². The first-order chi connectivity index (χ1) is 9.19. The van der Waals surface area contributed by atoms with E-state index in [-0.39, 0.29) is 5.91 Å². The molecule has 0 saturated carbocycles. The fraction of sp³-hybridized carbons (Fsp3) is 0.533. The largest absolute Gasteiger partial charge is 0.327 e. The minimum Gasteiger partial charge on any atom is -0.327 e. The van der Waals surface area contributed by atoms with E-state index in [0.717, 1.165) is 31.6 Å². The highest BCUT2D eigenvalue weighted by Crippen LogP contribution is 2.18. The quantitative estimate of drug-likeness (QED) is 0.867. The lowest BCUT2D eigenvalue weighted by Gasteiger charge is -2.36. The summed E-state index contributed by atoms with van der Waals surface area (Å²) in [6.45, 7) is 4.47. The third kappa shape index (κ3) is 4.04. The van der Waals surface area contributed by atoms with Crippen LogP contribution in [0.1, 0.15) is 19.8 Å². The molecule has 0 spiro atoms. The van der Waals surface area contributed by atoms with Gasteiger partial charge >= 0.3 is 0 Å². The first-order valence-electron chi connectivity index (χ1n) is 7.02. The van der Waals surface area contributed by atoms with E-state index in [1.807, 2.05) is 30.3 Å². The molecular formula is C15H23N3O. The number of likely N-dealkylation sites (tertiary alicyclic amines) is 1. The number of carbonyl (C=O) groups is 1. The Morgan fingerprint density at radius 1 is 1.42 bits per heavy atom. The van der Waals surface area contributed by atoms with Crippen molar-refractivity contribution in [3.63, 3.8) is 0 Å². The van der Waals surface area contributed by atoms with Crippen molar-refractivity contribution in [3.8, 4) is 0 Å². The third-order valence-corrected chi connectivity index (χ3v) is 3.83. The van der Waals surface area contributed by atoms with Gasteiger partial charge in [0.25, 0.3) is 0 Å². The van der Waals surface area contributed by atoms with E-state index in [2.05, 4.69) is 17.1 Å². The van der Waals surface area contributed by atoms with Crippen molar-refractivity contribution in [2.45, 2.75) is 25.8 Å². The predicted octanol–water partition coefficient (Wildman–Crippen LogP) is 1.68. The zero-order valence-corrected chi connectivity index (χ0v) is 11.5. The number of benzene rings is 1. The van der Waals surface area contributed by atoms with Crippen molar-refractivity contribution >= 4 is 11.6 Å². The summed E-state index contributed by atoms with van der Waals surface area (Å²) in [5.74, 6) is 0.565. The number of piperidine rings is 1. The van der Waals surface area contributed by atoms with Crippen LogP contribution in [-0.2, 0) is 4.79 Å². The number of rotatable bonds is 4. The fourth-order valence-electron chi connectivity index (χ4n) is 2.63. The van der Waals surface area contributed by atoms with Gasteiger partial charge in [-0.1, -0.05) is 31.5 Å². The average Bonchev–Trinajstić information content (AvgIpc) is 2.42. The lowest BCUT2D eigenvalue weighted by Crippen LogP contribution is -2.48. The van der Waals surface area contributed by atoms with Crippen LogP contribution >= 0.6 is 0 Å². The van der Waals surface area contributed by atoms with E-state index in [1.165, 1.54) is 0 Å². The van der Waals surface area contributed by atoms with E-state index >= 15 is 0 Å². The molecule has 4 nitrogen and oxygen atoms in total. The second kappa shape index (κ2) is 6.68. The molecule has 1 amide bonds. The highest BCUT2D eigenvalue weighted by Gasteiger charge is 2.26. The number of anilines is 1. The fourth-order valence-corrected chi connectivity index (χ4v) is 2.63. The van der Waals surface area contributed by atoms with Gasteiger partial charge in [0.2, 0.25) is 5.91 Å². The Balaban J connectivity index is 1.82. The maximum absolute atomic E-state index is 12.0. The van der Waals surface area contributed by atoms with Gasteiger partial charge in [0.05, 0.1) is 6.54 Å². The molecule has 1 aromatic rings. The lowest BCUT2D eigenvalue weighted by atomic mass is 9.91. The maximum atomic E-state index is 12.0. The number of hydrogen-bond acceptors (Lipinski definition) is 3. The first-order valence-corrected chi connectivity index (χ1v) is 7.02. The Morgan fingerprint density at radius 2 is 2.16 bits per heavy atom. The summed E-state index contributed by atoms with van der Waals surface area (Å²) < 4.78 is 0. The SMILES string of the molecule is CCC1CN(CC(=O)Nc2ccccc2)CCC1N. The highest BCUT2D eigenvalue weighted by atomic mass is 16.2. The van der Waals surface area contributed by atoms with E-state index in [1.54, 1.807) is 0 Å². The molecule has 0 bridgehead atoms. The molecule has 2 unspecified atom stereocenters. The average molecular weight is 261 g/mol. The van der Waals surface area contributed by atoms with Crippen LogP contribution in [-0.4, -0.2) is 36.5 Å². The van der Waals surface area contributed by atoms with Crippen molar-refractivity contribution in [3.05, 3.63) is 30.3 Å². The van der Waals surface area contributed by atoms with Crippen molar-refractivity contribution < 1.29 is 4.79 Å². The molecule has 1 aromatic carbocycles. The summed E-state index contributed by atoms with van der Waals surface area (Å²) in [5.41, 5.74) is 6.93. The number of para-hydroxylation sites is 1. The molecule has 1 fully saturated rings. The molecule has 1 heterocycles. The monoisotopic (exact) mass is 261 g/mol. The molecule has 104 valence electrons. The van der Waals surface area contributed by atoms with Gasteiger partial charge in [-0.05, 0) is 24.5 Å². The Bertz CT molecular complexity index is 407. The van der Waals surface area contributed by atoms with Gasteiger partial charge in [0.1, 0.15) is 0 Å². The first kappa shape index (κ1) is 14.0. The van der Waals surface area contributed by atoms with Crippen LogP contribution in [0.4, 0.5) is 5.69 Å². The van der Waals surface area contributed by atoms with Crippen LogP contribution in [0.25, 0.3) is 0 Å². The molecular weight excluding hydrogens is 238 g/mol. The van der Waals surface area contributed by atoms with E-state index in [4.69, 9.17) is 5.73 Å². The van der Waals surface area contributed by atoms with Gasteiger partial charge in [-0.15, -0.1) is 0 Å². The molecule has 1 aliphatic rings. The minimum atomic E-state index is 0.0523. The van der Waals surface area contributed by atoms with Crippen LogP contribution < -0.4 is 11.1 Å². The molecule has 2 rings (SSSR count). The summed E-state index contributed by atoms with van der Waals surface area (Å²) in [6.07, 6.45) is 2.06. The summed E-state index contributed by atoms with van der Waals surface area (Å²) in [4.78, 5) is 14.2. The number of nitrogens with two attached hydrogens (primary N) is 1. The molecule has 3 N–H and O–H groups in total. The molecule has 1 saturated heterocycles. The molecule has 19 heavy (non-hydrogen) atoms. The summed E-state index contributed by atoms with van der Waals surface area (Å²) in [6, 6.07) is 9.87. The van der Waals surface area contributed by atoms with Crippen molar-refractivity contribution in [1.29, 1.82) is 0 Å². The summed E-state index contributed by atoms with van der Waals surface area (Å²) in [5, 5.41) is 2.92. The Hall–Kier alpha value is -1.39. The zero-order chi connectivity index (χ0) is 13.7. The topological polar surface area (TPSA) is 58.4 Å². The predicted molar refractivity (Wildman–Crippen MR) is 77.9 cm³/mol. The van der Waals surface area contributed by atoms with E-state index in [0.29, 0.717) is 18.5 Å². The van der Waals surface area contributed by atoms with Crippen molar-refractivity contribution in [2.75, 3.05) is 25.0 Å². The number of nitrogens with one attached hydrogen (secondary N) is 1. The van der Waals surface area contributed by atoms with Gasteiger partial charge in [0, 0.05) is 24.8 Å². The zero-order valence-electron chi connectivity index (χ0n) is 11.5. The Labute approximate surface area is 115 Å². The Morgan fingerprint density at radius 3 is 2.84 bits per heavy atom. The van der Waals surface area contributed by atoms with Crippen LogP contribution in [0.15, 0.2) is 30.3 Å². The van der Waals surface area contributed by atoms with Gasteiger partial charge in [0.15, 0.2) is 0 Å². The van der Waals surface area contributed by atoms with Crippen LogP contribution in [0.5, 0.6) is 0 Å². The second-order valence-corrected chi connectivity index (χ2v) is 5.27. The highest BCUT2D eigenvalue weighted by molar-refractivity contribution is 5.92. The third-order valence-electron chi connectivity index (χ3n) is 3.83. The molecule has 0 aliphatic carbocycles. The molecule has 0 aromatic heterocycles. The smallest absolute Gasteiger partial charge is 0.238 e. The second-order valence-electron chi connectivity index (χ2n) is 5.27. The standard InChI is InChI=1S/C15H23N3O/c1-2-12-10-18(9-8-14(12)16)11-15(19)17-13-6-4-3-5-7-13/h3-7,12,14H,2,8-11,16H2,1H3,(H,17,19). The molecule has 4 heteroatoms. The number of amides is 1. The van der Waals surface area contributed by atoms with E-state index in [9.17, 15) is 4.79 Å². The van der Waals surface area contributed by atoms with Crippen LogP contribution in [0, 0.1) is 5.92 Å². The van der Waals surface area contributed by atoms with Gasteiger partial charge < -0.3 is 11.1 Å². The minimum absolute atomic E-state index is 0.0523. The van der Waals surface area contributed by atoms with Gasteiger partial charge in [-0.25, -0.2) is 0 Å². The molecule has 0 radical (unpaired) electrons. The Kier molecular flexibility index (Phi) is 4.93. The van der Waals surface area contributed by atoms with Gasteiger partial charge in [-0.2, -0.15) is 0 Å². The maximum Gasteiger partial charge on any atom is 0.238 e. The lowest BCUT2D eigenvalue weighted by molar-refractivity contribution is -0.117. The number of carbonyl (C=O) groups excluding carboxylic acids is 1. The van der Waals surface area contributed by atoms with Crippen LogP contribution in [0.2, 0.25) is 0 Å². The number of hydrogen-bond donors (Lipinski definition) is 2. The molecule has 1 aliphatic heterocycles. The number of nitrogens with zero attached hydrogens (tertiary/aromatic N) is 1.